The number of carbonyl (C=O) groups is 1. The lowest BCUT2D eigenvalue weighted by Crippen LogP contribution is -2.24. The maximum atomic E-state index is 12.5. The van der Waals surface area contributed by atoms with E-state index in [-0.39, 0.29) is 5.91 Å². The Bertz CT molecular complexity index is 911. The summed E-state index contributed by atoms with van der Waals surface area (Å²) < 4.78 is 0. The van der Waals surface area contributed by atoms with Gasteiger partial charge in [0.15, 0.2) is 5.69 Å². The second kappa shape index (κ2) is 6.55. The highest BCUT2D eigenvalue weighted by Gasteiger charge is 2.16. The van der Waals surface area contributed by atoms with E-state index in [0.717, 1.165) is 40.9 Å². The van der Waals surface area contributed by atoms with E-state index in [1.54, 1.807) is 0 Å². The van der Waals surface area contributed by atoms with Crippen molar-refractivity contribution >= 4 is 22.6 Å². The molecule has 2 aromatic heterocycles. The third-order valence-corrected chi connectivity index (χ3v) is 4.63. The van der Waals surface area contributed by atoms with Gasteiger partial charge in [-0.3, -0.25) is 9.89 Å². The Labute approximate surface area is 146 Å². The maximum Gasteiger partial charge on any atom is 0.272 e. The highest BCUT2D eigenvalue weighted by molar-refractivity contribution is 6.04. The van der Waals surface area contributed by atoms with Gasteiger partial charge >= 0.3 is 0 Å². The van der Waals surface area contributed by atoms with Crippen LogP contribution in [0.5, 0.6) is 0 Å². The summed E-state index contributed by atoms with van der Waals surface area (Å²) in [5.41, 5.74) is 3.46. The number of amides is 1. The number of fused-ring (bicyclic) bond motifs is 1. The molecule has 0 radical (unpaired) electrons. The number of hydrogen-bond acceptors (Lipinski definition) is 4. The molecule has 6 heteroatoms. The second-order valence-corrected chi connectivity index (χ2v) is 6.52. The van der Waals surface area contributed by atoms with Gasteiger partial charge < -0.3 is 10.2 Å². The minimum atomic E-state index is -0.170. The zero-order chi connectivity index (χ0) is 17.2. The average Bonchev–Trinajstić information content (AvgIpc) is 3.29. The first-order valence-electron chi connectivity index (χ1n) is 8.63. The molecule has 4 rings (SSSR count). The van der Waals surface area contributed by atoms with Crippen LogP contribution < -0.4 is 10.2 Å². The number of nitrogens with zero attached hydrogens (tertiary/aromatic N) is 3. The van der Waals surface area contributed by atoms with Gasteiger partial charge in [-0.2, -0.15) is 5.10 Å². The van der Waals surface area contributed by atoms with Crippen LogP contribution in [0.25, 0.3) is 10.9 Å². The number of H-pyrrole nitrogens is 1. The molecular weight excluding hydrogens is 314 g/mol. The summed E-state index contributed by atoms with van der Waals surface area (Å²) >= 11 is 0. The van der Waals surface area contributed by atoms with E-state index in [4.69, 9.17) is 0 Å². The minimum absolute atomic E-state index is 0.170. The van der Waals surface area contributed by atoms with Crippen LogP contribution in [0.4, 0.5) is 5.82 Å². The van der Waals surface area contributed by atoms with Gasteiger partial charge in [-0.05, 0) is 49.6 Å². The molecule has 1 aliphatic heterocycles. The summed E-state index contributed by atoms with van der Waals surface area (Å²) in [6.07, 6.45) is 4.24. The summed E-state index contributed by atoms with van der Waals surface area (Å²) in [7, 11) is 0. The van der Waals surface area contributed by atoms with Crippen molar-refractivity contribution in [1.82, 2.24) is 20.5 Å². The van der Waals surface area contributed by atoms with E-state index in [2.05, 4.69) is 31.5 Å². The Hall–Kier alpha value is -2.89. The van der Waals surface area contributed by atoms with Crippen molar-refractivity contribution in [2.75, 3.05) is 18.0 Å². The predicted molar refractivity (Wildman–Crippen MR) is 97.7 cm³/mol. The first-order chi connectivity index (χ1) is 12.2. The van der Waals surface area contributed by atoms with Crippen LogP contribution in [-0.2, 0) is 6.54 Å². The number of aromatic nitrogens is 3. The zero-order valence-electron chi connectivity index (χ0n) is 14.2. The first kappa shape index (κ1) is 15.6. The Morgan fingerprint density at radius 2 is 2.08 bits per heavy atom. The molecular formula is C19H21N5O. The molecule has 0 bridgehead atoms. The van der Waals surface area contributed by atoms with Gasteiger partial charge in [0.25, 0.3) is 5.91 Å². The minimum Gasteiger partial charge on any atom is -0.357 e. The van der Waals surface area contributed by atoms with Crippen LogP contribution in [0.15, 0.2) is 36.5 Å². The number of aryl methyl sites for hydroxylation is 1. The topological polar surface area (TPSA) is 73.9 Å². The van der Waals surface area contributed by atoms with Crippen molar-refractivity contribution in [1.29, 1.82) is 0 Å². The Morgan fingerprint density at radius 1 is 1.24 bits per heavy atom. The summed E-state index contributed by atoms with van der Waals surface area (Å²) in [5.74, 6) is 0.821. The fourth-order valence-electron chi connectivity index (χ4n) is 3.26. The number of carbonyl (C=O) groups excluding carboxylic acids is 1. The average molecular weight is 335 g/mol. The van der Waals surface area contributed by atoms with E-state index in [1.165, 1.54) is 12.8 Å². The number of hydrogen-bond donors (Lipinski definition) is 2. The molecule has 2 N–H and O–H groups in total. The molecule has 6 nitrogen and oxygen atoms in total. The molecule has 0 aliphatic carbocycles. The smallest absolute Gasteiger partial charge is 0.272 e. The van der Waals surface area contributed by atoms with E-state index >= 15 is 0 Å². The van der Waals surface area contributed by atoms with Gasteiger partial charge in [-0.25, -0.2) is 4.98 Å². The lowest BCUT2D eigenvalue weighted by atomic mass is 10.1. The highest BCUT2D eigenvalue weighted by atomic mass is 16.1. The normalized spacial score (nSPS) is 14.2. The molecule has 1 aliphatic rings. The van der Waals surface area contributed by atoms with E-state index < -0.39 is 0 Å². The standard InChI is InChI=1S/C19H21N5O/c1-13-4-5-16-15(10-13)18(23-22-16)19(25)21-12-14-6-7-20-17(11-14)24-8-2-3-9-24/h4-7,10-11H,2-3,8-9,12H2,1H3,(H,21,25)(H,22,23). The largest absolute Gasteiger partial charge is 0.357 e. The molecule has 1 aromatic carbocycles. The van der Waals surface area contributed by atoms with Gasteiger partial charge in [0.2, 0.25) is 0 Å². The van der Waals surface area contributed by atoms with Crippen LogP contribution in [0.1, 0.15) is 34.5 Å². The zero-order valence-corrected chi connectivity index (χ0v) is 14.2. The maximum absolute atomic E-state index is 12.5. The van der Waals surface area contributed by atoms with E-state index in [9.17, 15) is 4.79 Å². The van der Waals surface area contributed by atoms with Crippen molar-refractivity contribution in [2.45, 2.75) is 26.3 Å². The van der Waals surface area contributed by atoms with Crippen molar-refractivity contribution < 1.29 is 4.79 Å². The fourth-order valence-corrected chi connectivity index (χ4v) is 3.26. The summed E-state index contributed by atoms with van der Waals surface area (Å²) in [4.78, 5) is 19.3. The van der Waals surface area contributed by atoms with Gasteiger partial charge in [0.1, 0.15) is 5.82 Å². The summed E-state index contributed by atoms with van der Waals surface area (Å²) in [6, 6.07) is 9.91. The van der Waals surface area contributed by atoms with Crippen LogP contribution >= 0.6 is 0 Å². The molecule has 1 fully saturated rings. The Morgan fingerprint density at radius 3 is 2.92 bits per heavy atom. The third-order valence-electron chi connectivity index (χ3n) is 4.63. The molecule has 128 valence electrons. The summed E-state index contributed by atoms with van der Waals surface area (Å²) in [6.45, 7) is 4.58. The van der Waals surface area contributed by atoms with Crippen LogP contribution in [0.2, 0.25) is 0 Å². The van der Waals surface area contributed by atoms with Crippen LogP contribution in [0, 0.1) is 6.92 Å². The molecule has 1 amide bonds. The van der Waals surface area contributed by atoms with Crippen molar-refractivity contribution in [3.05, 3.63) is 53.3 Å². The lowest BCUT2D eigenvalue weighted by Gasteiger charge is -2.16. The number of pyridine rings is 1. The predicted octanol–water partition coefficient (Wildman–Crippen LogP) is 2.80. The molecule has 1 saturated heterocycles. The van der Waals surface area contributed by atoms with Crippen LogP contribution in [0.3, 0.4) is 0 Å². The summed E-state index contributed by atoms with van der Waals surface area (Å²) in [5, 5.41) is 10.9. The lowest BCUT2D eigenvalue weighted by molar-refractivity contribution is 0.0947. The van der Waals surface area contributed by atoms with Gasteiger partial charge in [0, 0.05) is 31.2 Å². The Kier molecular flexibility index (Phi) is 4.09. The van der Waals surface area contributed by atoms with Gasteiger partial charge in [-0.15, -0.1) is 0 Å². The Balaban J connectivity index is 1.48. The van der Waals surface area contributed by atoms with Crippen LogP contribution in [-0.4, -0.2) is 34.2 Å². The number of rotatable bonds is 4. The van der Waals surface area contributed by atoms with Crippen molar-refractivity contribution in [2.24, 2.45) is 0 Å². The number of nitrogens with one attached hydrogen (secondary N) is 2. The van der Waals surface area contributed by atoms with Gasteiger partial charge in [-0.1, -0.05) is 11.6 Å². The molecule has 25 heavy (non-hydrogen) atoms. The molecule has 3 aromatic rings. The van der Waals surface area contributed by atoms with Gasteiger partial charge in [0.05, 0.1) is 5.52 Å². The van der Waals surface area contributed by atoms with E-state index in [0.29, 0.717) is 12.2 Å². The first-order valence-corrected chi connectivity index (χ1v) is 8.63. The molecule has 0 spiro atoms. The molecule has 3 heterocycles. The van der Waals surface area contributed by atoms with Crippen molar-refractivity contribution in [3.8, 4) is 0 Å². The van der Waals surface area contributed by atoms with Crippen molar-refractivity contribution in [3.63, 3.8) is 0 Å². The number of benzene rings is 1. The monoisotopic (exact) mass is 335 g/mol. The second-order valence-electron chi connectivity index (χ2n) is 6.52. The third kappa shape index (κ3) is 3.20. The quantitative estimate of drug-likeness (QED) is 0.769. The number of aromatic amines is 1. The SMILES string of the molecule is Cc1ccc2[nH]nc(C(=O)NCc3ccnc(N4CCCC4)c3)c2c1. The number of anilines is 1. The molecule has 0 atom stereocenters. The van der Waals surface area contributed by atoms with E-state index in [1.807, 2.05) is 37.4 Å². The molecule has 0 saturated carbocycles. The fraction of sp³-hybridized carbons (Fsp3) is 0.316. The molecule has 0 unspecified atom stereocenters. The highest BCUT2D eigenvalue weighted by Crippen LogP contribution is 2.19.